The fourth-order valence-corrected chi connectivity index (χ4v) is 0.826. The number of hydrogen-bond donors (Lipinski definition) is 2. The zero-order valence-corrected chi connectivity index (χ0v) is 7.91. The number of allylic oxidation sites excluding steroid dienone is 1. The Morgan fingerprint density at radius 3 is 2.92 bits per heavy atom. The summed E-state index contributed by atoms with van der Waals surface area (Å²) in [4.78, 5) is 7.96. The van der Waals surface area contributed by atoms with Crippen LogP contribution < -0.4 is 11.1 Å². The number of nitrogens with one attached hydrogen (secondary N) is 1. The zero-order valence-electron chi connectivity index (χ0n) is 7.91. The van der Waals surface area contributed by atoms with Crippen LogP contribution in [0.1, 0.15) is 13.8 Å². The third-order valence-corrected chi connectivity index (χ3v) is 1.45. The molecule has 0 radical (unpaired) electrons. The smallest absolute Gasteiger partial charge is 0.147 e. The Hall–Kier alpha value is -1.58. The van der Waals surface area contributed by atoms with Gasteiger partial charge in [-0.05, 0) is 13.8 Å². The average molecular weight is 178 g/mol. The minimum Gasteiger partial charge on any atom is -0.382 e. The van der Waals surface area contributed by atoms with Crippen molar-refractivity contribution in [2.75, 3.05) is 17.6 Å². The Labute approximate surface area is 77.9 Å². The largest absolute Gasteiger partial charge is 0.382 e. The summed E-state index contributed by atoms with van der Waals surface area (Å²) in [5.74, 6) is 1.14. The second-order valence-electron chi connectivity index (χ2n) is 2.99. The van der Waals surface area contributed by atoms with E-state index in [2.05, 4.69) is 21.4 Å². The van der Waals surface area contributed by atoms with Crippen LogP contribution in [-0.4, -0.2) is 16.5 Å². The Bertz CT molecular complexity index is 302. The first-order valence-electron chi connectivity index (χ1n) is 4.13. The first-order chi connectivity index (χ1) is 6.18. The highest BCUT2D eigenvalue weighted by molar-refractivity contribution is 5.38. The molecule has 4 heteroatoms. The predicted molar refractivity (Wildman–Crippen MR) is 54.4 cm³/mol. The SMILES string of the molecule is CC(C)=CCNc1cncc(N)n1. The Morgan fingerprint density at radius 1 is 1.54 bits per heavy atom. The predicted octanol–water partition coefficient (Wildman–Crippen LogP) is 1.44. The van der Waals surface area contributed by atoms with Gasteiger partial charge in [-0.1, -0.05) is 11.6 Å². The van der Waals surface area contributed by atoms with Crippen molar-refractivity contribution in [3.05, 3.63) is 24.0 Å². The van der Waals surface area contributed by atoms with Crippen LogP contribution in [0.25, 0.3) is 0 Å². The summed E-state index contributed by atoms with van der Waals surface area (Å²) in [5, 5.41) is 3.09. The molecular weight excluding hydrogens is 164 g/mol. The fraction of sp³-hybridized carbons (Fsp3) is 0.333. The second-order valence-corrected chi connectivity index (χ2v) is 2.99. The standard InChI is InChI=1S/C9H14N4/c1-7(2)3-4-12-9-6-11-5-8(10)13-9/h3,5-6H,4H2,1-2H3,(H3,10,12,13). The maximum absolute atomic E-state index is 5.46. The van der Waals surface area contributed by atoms with Crippen molar-refractivity contribution in [2.45, 2.75) is 13.8 Å². The first-order valence-corrected chi connectivity index (χ1v) is 4.13. The topological polar surface area (TPSA) is 63.8 Å². The van der Waals surface area contributed by atoms with Crippen molar-refractivity contribution < 1.29 is 0 Å². The number of nitrogens with two attached hydrogens (primary N) is 1. The molecule has 0 aromatic carbocycles. The molecule has 13 heavy (non-hydrogen) atoms. The maximum atomic E-state index is 5.46. The third kappa shape index (κ3) is 3.55. The van der Waals surface area contributed by atoms with E-state index in [1.807, 2.05) is 13.8 Å². The third-order valence-electron chi connectivity index (χ3n) is 1.45. The van der Waals surface area contributed by atoms with Crippen molar-refractivity contribution in [1.29, 1.82) is 0 Å². The summed E-state index contributed by atoms with van der Waals surface area (Å²) in [6.07, 6.45) is 5.24. The first kappa shape index (κ1) is 9.51. The van der Waals surface area contributed by atoms with Gasteiger partial charge in [-0.2, -0.15) is 0 Å². The minimum atomic E-state index is 0.433. The van der Waals surface area contributed by atoms with Crippen LogP contribution in [0.4, 0.5) is 11.6 Å². The minimum absolute atomic E-state index is 0.433. The highest BCUT2D eigenvalue weighted by Crippen LogP contribution is 2.02. The fourth-order valence-electron chi connectivity index (χ4n) is 0.826. The molecule has 0 bridgehead atoms. The van der Waals surface area contributed by atoms with Crippen LogP contribution in [0.2, 0.25) is 0 Å². The molecule has 1 rings (SSSR count). The monoisotopic (exact) mass is 178 g/mol. The summed E-state index contributed by atoms with van der Waals surface area (Å²) < 4.78 is 0. The lowest BCUT2D eigenvalue weighted by atomic mass is 10.3. The summed E-state index contributed by atoms with van der Waals surface area (Å²) >= 11 is 0. The summed E-state index contributed by atoms with van der Waals surface area (Å²) in [6.45, 7) is 4.85. The van der Waals surface area contributed by atoms with E-state index < -0.39 is 0 Å². The molecule has 0 saturated carbocycles. The maximum Gasteiger partial charge on any atom is 0.147 e. The van der Waals surface area contributed by atoms with Gasteiger partial charge in [-0.3, -0.25) is 4.98 Å². The van der Waals surface area contributed by atoms with Gasteiger partial charge in [-0.15, -0.1) is 0 Å². The van der Waals surface area contributed by atoms with Gasteiger partial charge >= 0.3 is 0 Å². The number of anilines is 2. The molecule has 0 fully saturated rings. The summed E-state index contributed by atoms with van der Waals surface area (Å²) in [5.41, 5.74) is 6.73. The van der Waals surface area contributed by atoms with Crippen molar-refractivity contribution in [2.24, 2.45) is 0 Å². The highest BCUT2D eigenvalue weighted by Gasteiger charge is 1.92. The van der Waals surface area contributed by atoms with Gasteiger partial charge in [0.2, 0.25) is 0 Å². The van der Waals surface area contributed by atoms with E-state index in [1.165, 1.54) is 11.8 Å². The van der Waals surface area contributed by atoms with Gasteiger partial charge in [0, 0.05) is 6.54 Å². The Kier molecular flexibility index (Phi) is 3.25. The van der Waals surface area contributed by atoms with Gasteiger partial charge in [0.25, 0.3) is 0 Å². The number of nitrogen functional groups attached to an aromatic ring is 1. The van der Waals surface area contributed by atoms with Crippen LogP contribution in [0.3, 0.4) is 0 Å². The van der Waals surface area contributed by atoms with Gasteiger partial charge in [0.1, 0.15) is 11.6 Å². The van der Waals surface area contributed by atoms with Gasteiger partial charge < -0.3 is 11.1 Å². The van der Waals surface area contributed by atoms with E-state index in [-0.39, 0.29) is 0 Å². The number of rotatable bonds is 3. The number of aromatic nitrogens is 2. The van der Waals surface area contributed by atoms with E-state index in [4.69, 9.17) is 5.73 Å². The molecular formula is C9H14N4. The van der Waals surface area contributed by atoms with E-state index in [9.17, 15) is 0 Å². The zero-order chi connectivity index (χ0) is 9.68. The Morgan fingerprint density at radius 2 is 2.31 bits per heavy atom. The second kappa shape index (κ2) is 4.45. The normalized spacial score (nSPS) is 9.38. The molecule has 4 nitrogen and oxygen atoms in total. The Balaban J connectivity index is 2.50. The molecule has 0 amide bonds. The van der Waals surface area contributed by atoms with E-state index >= 15 is 0 Å². The van der Waals surface area contributed by atoms with Crippen molar-refractivity contribution in [3.63, 3.8) is 0 Å². The molecule has 0 spiro atoms. The van der Waals surface area contributed by atoms with Crippen molar-refractivity contribution in [3.8, 4) is 0 Å². The lowest BCUT2D eigenvalue weighted by Crippen LogP contribution is -2.03. The lowest BCUT2D eigenvalue weighted by molar-refractivity contribution is 1.16. The molecule has 0 aliphatic rings. The van der Waals surface area contributed by atoms with Crippen LogP contribution >= 0.6 is 0 Å². The molecule has 3 N–H and O–H groups in total. The van der Waals surface area contributed by atoms with Gasteiger partial charge in [0.05, 0.1) is 12.4 Å². The summed E-state index contributed by atoms with van der Waals surface area (Å²) in [6, 6.07) is 0. The van der Waals surface area contributed by atoms with Crippen molar-refractivity contribution in [1.82, 2.24) is 9.97 Å². The van der Waals surface area contributed by atoms with E-state index in [0.717, 1.165) is 6.54 Å². The van der Waals surface area contributed by atoms with Crippen LogP contribution in [0, 0.1) is 0 Å². The highest BCUT2D eigenvalue weighted by atomic mass is 15.0. The van der Waals surface area contributed by atoms with Crippen LogP contribution in [0.5, 0.6) is 0 Å². The molecule has 0 atom stereocenters. The number of nitrogens with zero attached hydrogens (tertiary/aromatic N) is 2. The molecule has 1 aromatic rings. The van der Waals surface area contributed by atoms with Crippen LogP contribution in [-0.2, 0) is 0 Å². The molecule has 1 aromatic heterocycles. The van der Waals surface area contributed by atoms with Gasteiger partial charge in [0.15, 0.2) is 0 Å². The van der Waals surface area contributed by atoms with Crippen molar-refractivity contribution >= 4 is 11.6 Å². The molecule has 0 aliphatic heterocycles. The van der Waals surface area contributed by atoms with Crippen LogP contribution in [0.15, 0.2) is 24.0 Å². The quantitative estimate of drug-likeness (QED) is 0.687. The molecule has 0 saturated heterocycles. The van der Waals surface area contributed by atoms with E-state index in [1.54, 1.807) is 6.20 Å². The van der Waals surface area contributed by atoms with Gasteiger partial charge in [-0.25, -0.2) is 4.98 Å². The lowest BCUT2D eigenvalue weighted by Gasteiger charge is -2.01. The average Bonchev–Trinajstić information content (AvgIpc) is 2.03. The molecule has 0 aliphatic carbocycles. The van der Waals surface area contributed by atoms with E-state index in [0.29, 0.717) is 11.6 Å². The number of hydrogen-bond acceptors (Lipinski definition) is 4. The summed E-state index contributed by atoms with van der Waals surface area (Å²) in [7, 11) is 0. The molecule has 0 unspecified atom stereocenters. The molecule has 70 valence electrons. The molecule has 1 heterocycles.